The van der Waals surface area contributed by atoms with Gasteiger partial charge in [-0.1, -0.05) is 19.8 Å². The van der Waals surface area contributed by atoms with Crippen LogP contribution in [0.1, 0.15) is 56.9 Å². The van der Waals surface area contributed by atoms with Gasteiger partial charge in [-0.3, -0.25) is 4.90 Å². The highest BCUT2D eigenvalue weighted by molar-refractivity contribution is 4.96. The number of likely N-dealkylation sites (N-methyl/N-ethyl adjacent to an activating group) is 1. The fourth-order valence-electron chi connectivity index (χ4n) is 3.57. The molecule has 3 rings (SSSR count). The summed E-state index contributed by atoms with van der Waals surface area (Å²) in [5, 5.41) is 12.6. The van der Waals surface area contributed by atoms with Gasteiger partial charge in [0.25, 0.3) is 0 Å². The van der Waals surface area contributed by atoms with Crippen molar-refractivity contribution in [3.8, 4) is 0 Å². The Balaban J connectivity index is 1.77. The minimum absolute atomic E-state index is 0.374. The number of rotatable bonds is 4. The minimum atomic E-state index is 0.374. The maximum atomic E-state index is 4.37. The van der Waals surface area contributed by atoms with Gasteiger partial charge in [0.1, 0.15) is 0 Å². The Bertz CT molecular complexity index is 417. The van der Waals surface area contributed by atoms with Crippen LogP contribution in [0.2, 0.25) is 0 Å². The Kier molecular flexibility index (Phi) is 4.31. The Morgan fingerprint density at radius 2 is 1.85 bits per heavy atom. The van der Waals surface area contributed by atoms with Crippen LogP contribution < -0.4 is 0 Å². The zero-order chi connectivity index (χ0) is 13.9. The lowest BCUT2D eigenvalue weighted by Gasteiger charge is -2.37. The molecule has 2 aliphatic rings. The first-order valence-electron chi connectivity index (χ1n) is 8.00. The molecule has 0 aromatic carbocycles. The molecule has 0 radical (unpaired) electrons. The molecule has 112 valence electrons. The average molecular weight is 278 g/mol. The Labute approximate surface area is 121 Å². The van der Waals surface area contributed by atoms with Gasteiger partial charge >= 0.3 is 0 Å². The van der Waals surface area contributed by atoms with E-state index >= 15 is 0 Å². The van der Waals surface area contributed by atoms with E-state index in [1.807, 2.05) is 0 Å². The predicted molar refractivity (Wildman–Crippen MR) is 77.4 cm³/mol. The van der Waals surface area contributed by atoms with Gasteiger partial charge in [0, 0.05) is 26.2 Å². The summed E-state index contributed by atoms with van der Waals surface area (Å²) in [6.07, 6.45) is 6.18. The number of nitrogens with zero attached hydrogens (tertiary/aromatic N) is 6. The fourth-order valence-corrected chi connectivity index (χ4v) is 3.57. The fraction of sp³-hybridized carbons (Fsp3) is 0.929. The Hall–Kier alpha value is -1.01. The first kappa shape index (κ1) is 13.9. The second-order valence-corrected chi connectivity index (χ2v) is 6.18. The minimum Gasteiger partial charge on any atom is -0.304 e. The van der Waals surface area contributed by atoms with Gasteiger partial charge in [-0.2, -0.15) is 0 Å². The van der Waals surface area contributed by atoms with Crippen molar-refractivity contribution in [1.29, 1.82) is 0 Å². The monoisotopic (exact) mass is 278 g/mol. The number of piperazine rings is 1. The maximum absolute atomic E-state index is 4.37. The molecule has 1 aromatic rings. The van der Waals surface area contributed by atoms with Crippen LogP contribution >= 0.6 is 0 Å². The van der Waals surface area contributed by atoms with Crippen molar-refractivity contribution in [3.05, 3.63) is 5.82 Å². The van der Waals surface area contributed by atoms with E-state index in [4.69, 9.17) is 0 Å². The first-order valence-corrected chi connectivity index (χ1v) is 8.00. The maximum Gasteiger partial charge on any atom is 0.168 e. The van der Waals surface area contributed by atoms with E-state index in [0.29, 0.717) is 12.1 Å². The van der Waals surface area contributed by atoms with Crippen LogP contribution in [0.3, 0.4) is 0 Å². The summed E-state index contributed by atoms with van der Waals surface area (Å²) < 4.78 is 2.12. The van der Waals surface area contributed by atoms with Gasteiger partial charge < -0.3 is 4.90 Å². The van der Waals surface area contributed by atoms with Gasteiger partial charge in [0.05, 0.1) is 12.1 Å². The second kappa shape index (κ2) is 6.18. The summed E-state index contributed by atoms with van der Waals surface area (Å²) in [5.74, 6) is 1.09. The predicted octanol–water partition coefficient (Wildman–Crippen LogP) is 1.49. The van der Waals surface area contributed by atoms with Gasteiger partial charge in [-0.15, -0.1) is 5.10 Å². The molecule has 2 fully saturated rings. The van der Waals surface area contributed by atoms with Gasteiger partial charge in [0.15, 0.2) is 5.82 Å². The summed E-state index contributed by atoms with van der Waals surface area (Å²) in [4.78, 5) is 4.94. The van der Waals surface area contributed by atoms with Crippen molar-refractivity contribution >= 4 is 0 Å². The molecule has 1 saturated carbocycles. The van der Waals surface area contributed by atoms with Crippen LogP contribution in [-0.2, 0) is 0 Å². The largest absolute Gasteiger partial charge is 0.304 e. The quantitative estimate of drug-likeness (QED) is 0.835. The molecule has 1 aliphatic heterocycles. The molecule has 1 aliphatic carbocycles. The molecule has 0 unspecified atom stereocenters. The molecular formula is C14H26N6. The van der Waals surface area contributed by atoms with Crippen molar-refractivity contribution in [3.63, 3.8) is 0 Å². The summed E-state index contributed by atoms with van der Waals surface area (Å²) in [5.41, 5.74) is 0. The van der Waals surface area contributed by atoms with Crippen molar-refractivity contribution < 1.29 is 0 Å². The van der Waals surface area contributed by atoms with E-state index in [2.05, 4.69) is 44.0 Å². The highest BCUT2D eigenvalue weighted by Crippen LogP contribution is 2.32. The molecule has 0 bridgehead atoms. The second-order valence-electron chi connectivity index (χ2n) is 6.18. The van der Waals surface area contributed by atoms with Crippen LogP contribution in [0.5, 0.6) is 0 Å². The van der Waals surface area contributed by atoms with Crippen LogP contribution in [0.15, 0.2) is 0 Å². The summed E-state index contributed by atoms with van der Waals surface area (Å²) in [6, 6.07) is 0.904. The third-order valence-electron chi connectivity index (χ3n) is 4.85. The molecule has 6 heteroatoms. The lowest BCUT2D eigenvalue weighted by atomic mass is 10.1. The highest BCUT2D eigenvalue weighted by atomic mass is 15.6. The zero-order valence-electron chi connectivity index (χ0n) is 12.7. The van der Waals surface area contributed by atoms with Crippen LogP contribution in [0, 0.1) is 0 Å². The van der Waals surface area contributed by atoms with Crippen molar-refractivity contribution in [2.75, 3.05) is 33.2 Å². The van der Waals surface area contributed by atoms with Crippen molar-refractivity contribution in [2.45, 2.75) is 51.1 Å². The number of hydrogen-bond donors (Lipinski definition) is 0. The molecule has 0 spiro atoms. The lowest BCUT2D eigenvalue weighted by Crippen LogP contribution is -2.46. The Morgan fingerprint density at radius 3 is 2.50 bits per heavy atom. The number of aromatic nitrogens is 4. The van der Waals surface area contributed by atoms with Crippen LogP contribution in [-0.4, -0.2) is 63.2 Å². The van der Waals surface area contributed by atoms with Crippen molar-refractivity contribution in [2.24, 2.45) is 0 Å². The molecule has 2 heterocycles. The zero-order valence-corrected chi connectivity index (χ0v) is 12.7. The molecule has 0 N–H and O–H groups in total. The molecule has 1 saturated heterocycles. The van der Waals surface area contributed by atoms with E-state index in [-0.39, 0.29) is 0 Å². The molecule has 6 nitrogen and oxygen atoms in total. The van der Waals surface area contributed by atoms with E-state index < -0.39 is 0 Å². The van der Waals surface area contributed by atoms with E-state index in [1.165, 1.54) is 25.7 Å². The summed E-state index contributed by atoms with van der Waals surface area (Å²) >= 11 is 0. The third-order valence-corrected chi connectivity index (χ3v) is 4.85. The lowest BCUT2D eigenvalue weighted by molar-refractivity contribution is 0.101. The van der Waals surface area contributed by atoms with E-state index in [1.54, 1.807) is 0 Å². The summed E-state index contributed by atoms with van der Waals surface area (Å²) in [6.45, 7) is 6.76. The Morgan fingerprint density at radius 1 is 1.15 bits per heavy atom. The SMILES string of the molecule is CC[C@H](c1nnnn1C1CCCC1)N1CCN(C)CC1. The molecule has 20 heavy (non-hydrogen) atoms. The molecule has 0 amide bonds. The standard InChI is InChI=1S/C14H26N6/c1-3-13(19-10-8-18(2)9-11-19)14-15-16-17-20(14)12-6-4-5-7-12/h12-13H,3-11H2,1-2H3/t13-/m1/s1. The van der Waals surface area contributed by atoms with Crippen molar-refractivity contribution in [1.82, 2.24) is 30.0 Å². The van der Waals surface area contributed by atoms with E-state index in [0.717, 1.165) is 38.4 Å². The topological polar surface area (TPSA) is 50.1 Å². The normalized spacial score (nSPS) is 24.3. The molecular weight excluding hydrogens is 252 g/mol. The van der Waals surface area contributed by atoms with Gasteiger partial charge in [-0.25, -0.2) is 4.68 Å². The molecule has 1 aromatic heterocycles. The molecule has 1 atom stereocenters. The van der Waals surface area contributed by atoms with Crippen LogP contribution in [0.25, 0.3) is 0 Å². The number of tetrazole rings is 1. The number of hydrogen-bond acceptors (Lipinski definition) is 5. The summed E-state index contributed by atoms with van der Waals surface area (Å²) in [7, 11) is 2.20. The van der Waals surface area contributed by atoms with Gasteiger partial charge in [0.2, 0.25) is 0 Å². The highest BCUT2D eigenvalue weighted by Gasteiger charge is 2.30. The smallest absolute Gasteiger partial charge is 0.168 e. The first-order chi connectivity index (χ1) is 9.79. The average Bonchev–Trinajstić information content (AvgIpc) is 3.12. The van der Waals surface area contributed by atoms with E-state index in [9.17, 15) is 0 Å². The van der Waals surface area contributed by atoms with Crippen LogP contribution in [0.4, 0.5) is 0 Å². The van der Waals surface area contributed by atoms with Gasteiger partial charge in [-0.05, 0) is 36.7 Å². The third kappa shape index (κ3) is 2.72.